The molecule has 3 rings (SSSR count). The number of aryl methyl sites for hydroxylation is 1. The first-order chi connectivity index (χ1) is 9.36. The van der Waals surface area contributed by atoms with E-state index in [0.29, 0.717) is 6.04 Å². The number of hydrogen-bond donors (Lipinski definition) is 1. The van der Waals surface area contributed by atoms with E-state index in [4.69, 9.17) is 0 Å². The molecule has 5 nitrogen and oxygen atoms in total. The van der Waals surface area contributed by atoms with Gasteiger partial charge < -0.3 is 10.2 Å². The Morgan fingerprint density at radius 2 is 2.32 bits per heavy atom. The van der Waals surface area contributed by atoms with Crippen molar-refractivity contribution >= 4 is 0 Å². The van der Waals surface area contributed by atoms with E-state index < -0.39 is 0 Å². The highest BCUT2D eigenvalue weighted by Crippen LogP contribution is 2.26. The minimum absolute atomic E-state index is 0.658. The average Bonchev–Trinajstić information content (AvgIpc) is 3.05. The molecule has 0 spiro atoms. The number of rotatable bonds is 5. The Morgan fingerprint density at radius 3 is 3.21 bits per heavy atom. The molecular weight excluding hydrogens is 238 g/mol. The van der Waals surface area contributed by atoms with Crippen LogP contribution in [-0.4, -0.2) is 44.8 Å². The van der Waals surface area contributed by atoms with Crippen LogP contribution in [0.25, 0.3) is 0 Å². The molecule has 0 amide bonds. The Hall–Kier alpha value is -0.940. The first kappa shape index (κ1) is 13.1. The van der Waals surface area contributed by atoms with Gasteiger partial charge in [-0.25, -0.2) is 9.67 Å². The fraction of sp³-hybridized carbons (Fsp3) is 0.857. The highest BCUT2D eigenvalue weighted by molar-refractivity contribution is 4.91. The van der Waals surface area contributed by atoms with Crippen molar-refractivity contribution in [3.05, 3.63) is 12.2 Å². The van der Waals surface area contributed by atoms with Gasteiger partial charge in [-0.1, -0.05) is 6.92 Å². The van der Waals surface area contributed by atoms with E-state index in [1.54, 1.807) is 6.33 Å². The van der Waals surface area contributed by atoms with Gasteiger partial charge in [0.2, 0.25) is 0 Å². The summed E-state index contributed by atoms with van der Waals surface area (Å²) in [5, 5.41) is 7.97. The standard InChI is InChI=1S/C14H25N5/c1-2-6-19-14(16-11-17-19)10-15-12-5-8-18-7-3-4-13(18)9-12/h11-13,15H,2-10H2,1H3. The number of fused-ring (bicyclic) bond motifs is 1. The number of hydrogen-bond acceptors (Lipinski definition) is 4. The predicted octanol–water partition coefficient (Wildman–Crippen LogP) is 1.40. The van der Waals surface area contributed by atoms with Crippen molar-refractivity contribution in [2.24, 2.45) is 0 Å². The molecule has 0 aromatic carbocycles. The third-order valence-electron chi connectivity index (χ3n) is 4.50. The third kappa shape index (κ3) is 2.98. The Labute approximate surface area is 115 Å². The van der Waals surface area contributed by atoms with Gasteiger partial charge in [-0.15, -0.1) is 0 Å². The number of aromatic nitrogens is 3. The van der Waals surface area contributed by atoms with Crippen LogP contribution in [0.3, 0.4) is 0 Å². The predicted molar refractivity (Wildman–Crippen MR) is 74.8 cm³/mol. The number of piperidine rings is 1. The zero-order valence-electron chi connectivity index (χ0n) is 11.9. The molecule has 2 aliphatic heterocycles. The molecule has 2 atom stereocenters. The molecule has 2 fully saturated rings. The van der Waals surface area contributed by atoms with E-state index in [0.717, 1.165) is 31.4 Å². The second kappa shape index (κ2) is 6.01. The Morgan fingerprint density at radius 1 is 1.37 bits per heavy atom. The van der Waals surface area contributed by atoms with Gasteiger partial charge in [0.05, 0.1) is 6.54 Å². The van der Waals surface area contributed by atoms with Crippen LogP contribution in [0.2, 0.25) is 0 Å². The lowest BCUT2D eigenvalue weighted by atomic mass is 9.97. The third-order valence-corrected chi connectivity index (χ3v) is 4.50. The zero-order valence-corrected chi connectivity index (χ0v) is 11.9. The monoisotopic (exact) mass is 263 g/mol. The van der Waals surface area contributed by atoms with Crippen LogP contribution in [0, 0.1) is 0 Å². The molecule has 0 radical (unpaired) electrons. The molecule has 0 saturated carbocycles. The van der Waals surface area contributed by atoms with Gasteiger partial charge in [0.25, 0.3) is 0 Å². The van der Waals surface area contributed by atoms with Crippen LogP contribution >= 0.6 is 0 Å². The smallest absolute Gasteiger partial charge is 0.140 e. The molecule has 1 aromatic rings. The summed E-state index contributed by atoms with van der Waals surface area (Å²) in [6.07, 6.45) is 8.15. The molecule has 106 valence electrons. The van der Waals surface area contributed by atoms with Gasteiger partial charge in [-0.3, -0.25) is 0 Å². The molecule has 3 heterocycles. The van der Waals surface area contributed by atoms with E-state index in [1.165, 1.54) is 38.8 Å². The van der Waals surface area contributed by atoms with E-state index in [2.05, 4.69) is 27.2 Å². The van der Waals surface area contributed by atoms with Crippen molar-refractivity contribution in [3.63, 3.8) is 0 Å². The summed E-state index contributed by atoms with van der Waals surface area (Å²) in [7, 11) is 0. The van der Waals surface area contributed by atoms with Crippen LogP contribution in [0.1, 0.15) is 44.9 Å². The van der Waals surface area contributed by atoms with Gasteiger partial charge in [0.1, 0.15) is 12.2 Å². The summed E-state index contributed by atoms with van der Waals surface area (Å²) in [4.78, 5) is 7.03. The highest BCUT2D eigenvalue weighted by Gasteiger charge is 2.31. The average molecular weight is 263 g/mol. The first-order valence-corrected chi connectivity index (χ1v) is 7.71. The maximum Gasteiger partial charge on any atom is 0.140 e. The summed E-state index contributed by atoms with van der Waals surface area (Å²) < 4.78 is 2.03. The summed E-state index contributed by atoms with van der Waals surface area (Å²) in [6, 6.07) is 1.49. The molecule has 2 unspecified atom stereocenters. The minimum Gasteiger partial charge on any atom is -0.307 e. The second-order valence-electron chi connectivity index (χ2n) is 5.83. The molecule has 0 bridgehead atoms. The Bertz CT molecular complexity index is 402. The van der Waals surface area contributed by atoms with E-state index in [1.807, 2.05) is 4.68 Å². The van der Waals surface area contributed by atoms with Crippen molar-refractivity contribution in [2.75, 3.05) is 13.1 Å². The summed E-state index contributed by atoms with van der Waals surface area (Å²) in [6.45, 7) is 6.59. The van der Waals surface area contributed by atoms with Crippen molar-refractivity contribution in [1.29, 1.82) is 0 Å². The van der Waals surface area contributed by atoms with E-state index in [9.17, 15) is 0 Å². The normalized spacial score (nSPS) is 27.6. The van der Waals surface area contributed by atoms with Gasteiger partial charge >= 0.3 is 0 Å². The van der Waals surface area contributed by atoms with Crippen LogP contribution in [0.15, 0.2) is 6.33 Å². The molecule has 5 heteroatoms. The van der Waals surface area contributed by atoms with Crippen LogP contribution in [0.4, 0.5) is 0 Å². The van der Waals surface area contributed by atoms with Crippen molar-refractivity contribution < 1.29 is 0 Å². The Balaban J connectivity index is 1.50. The van der Waals surface area contributed by atoms with Crippen molar-refractivity contribution in [3.8, 4) is 0 Å². The topological polar surface area (TPSA) is 46.0 Å². The largest absolute Gasteiger partial charge is 0.307 e. The van der Waals surface area contributed by atoms with Crippen molar-refractivity contribution in [1.82, 2.24) is 25.0 Å². The lowest BCUT2D eigenvalue weighted by molar-refractivity contribution is 0.166. The number of nitrogens with one attached hydrogen (secondary N) is 1. The van der Waals surface area contributed by atoms with E-state index in [-0.39, 0.29) is 0 Å². The van der Waals surface area contributed by atoms with Gasteiger partial charge in [0, 0.05) is 18.6 Å². The maximum absolute atomic E-state index is 4.36. The minimum atomic E-state index is 0.658. The highest BCUT2D eigenvalue weighted by atomic mass is 15.3. The Kier molecular flexibility index (Phi) is 4.13. The quantitative estimate of drug-likeness (QED) is 0.872. The van der Waals surface area contributed by atoms with E-state index >= 15 is 0 Å². The van der Waals surface area contributed by atoms with Gasteiger partial charge in [-0.2, -0.15) is 5.10 Å². The molecule has 0 aliphatic carbocycles. The second-order valence-corrected chi connectivity index (χ2v) is 5.83. The lowest BCUT2D eigenvalue weighted by Gasteiger charge is -2.35. The summed E-state index contributed by atoms with van der Waals surface area (Å²) in [5.74, 6) is 1.08. The van der Waals surface area contributed by atoms with Crippen LogP contribution < -0.4 is 5.32 Å². The molecule has 19 heavy (non-hydrogen) atoms. The molecular formula is C14H25N5. The van der Waals surface area contributed by atoms with Gasteiger partial charge in [0.15, 0.2) is 0 Å². The molecule has 1 N–H and O–H groups in total. The SMILES string of the molecule is CCCn1ncnc1CNC1CCN2CCCC2C1. The summed E-state index contributed by atoms with van der Waals surface area (Å²) in [5.41, 5.74) is 0. The van der Waals surface area contributed by atoms with Gasteiger partial charge in [-0.05, 0) is 45.2 Å². The molecule has 2 aliphatic rings. The lowest BCUT2D eigenvalue weighted by Crippen LogP contribution is -2.45. The zero-order chi connectivity index (χ0) is 13.1. The molecule has 2 saturated heterocycles. The summed E-state index contributed by atoms with van der Waals surface area (Å²) >= 11 is 0. The fourth-order valence-corrected chi connectivity index (χ4v) is 3.47. The van der Waals surface area contributed by atoms with Crippen LogP contribution in [-0.2, 0) is 13.1 Å². The van der Waals surface area contributed by atoms with Crippen LogP contribution in [0.5, 0.6) is 0 Å². The fourth-order valence-electron chi connectivity index (χ4n) is 3.47. The van der Waals surface area contributed by atoms with Crippen molar-refractivity contribution in [2.45, 2.75) is 64.2 Å². The number of nitrogens with zero attached hydrogens (tertiary/aromatic N) is 4. The first-order valence-electron chi connectivity index (χ1n) is 7.71. The maximum atomic E-state index is 4.36. The molecule has 1 aromatic heterocycles.